The van der Waals surface area contributed by atoms with Crippen molar-refractivity contribution in [3.05, 3.63) is 48.0 Å². The molecule has 0 spiro atoms. The van der Waals surface area contributed by atoms with Crippen molar-refractivity contribution in [1.82, 2.24) is 10.2 Å². The normalized spacial score (nSPS) is 10.5. The molecule has 2 aromatic rings. The third-order valence-corrected chi connectivity index (χ3v) is 3.07. The van der Waals surface area contributed by atoms with Crippen LogP contribution in [0.2, 0.25) is 0 Å². The molecule has 21 heavy (non-hydrogen) atoms. The van der Waals surface area contributed by atoms with Gasteiger partial charge in [0.1, 0.15) is 0 Å². The van der Waals surface area contributed by atoms with Gasteiger partial charge in [-0.25, -0.2) is 0 Å². The smallest absolute Gasteiger partial charge is 0.222 e. The van der Waals surface area contributed by atoms with E-state index >= 15 is 0 Å². The molecule has 1 amide bonds. The number of hydrogen-bond donors (Lipinski definition) is 1. The Labute approximate surface area is 125 Å². The SMILES string of the molecule is CC(=O)Nc1ccc(N(Cc2ccccc2)C(C)C)nn1. The molecule has 1 N–H and O–H groups in total. The summed E-state index contributed by atoms with van der Waals surface area (Å²) in [7, 11) is 0. The van der Waals surface area contributed by atoms with Crippen molar-refractivity contribution in [2.45, 2.75) is 33.4 Å². The zero-order valence-electron chi connectivity index (χ0n) is 12.6. The highest BCUT2D eigenvalue weighted by molar-refractivity contribution is 5.87. The average molecular weight is 284 g/mol. The van der Waals surface area contributed by atoms with Gasteiger partial charge in [0.25, 0.3) is 0 Å². The summed E-state index contributed by atoms with van der Waals surface area (Å²) in [4.78, 5) is 13.2. The van der Waals surface area contributed by atoms with E-state index in [9.17, 15) is 4.79 Å². The maximum Gasteiger partial charge on any atom is 0.222 e. The monoisotopic (exact) mass is 284 g/mol. The van der Waals surface area contributed by atoms with Crippen LogP contribution in [0.4, 0.5) is 11.6 Å². The number of amides is 1. The summed E-state index contributed by atoms with van der Waals surface area (Å²) < 4.78 is 0. The van der Waals surface area contributed by atoms with E-state index in [-0.39, 0.29) is 5.91 Å². The third-order valence-electron chi connectivity index (χ3n) is 3.07. The van der Waals surface area contributed by atoms with Gasteiger partial charge in [0.15, 0.2) is 11.6 Å². The fourth-order valence-corrected chi connectivity index (χ4v) is 2.03. The lowest BCUT2D eigenvalue weighted by molar-refractivity contribution is -0.114. The molecule has 5 heteroatoms. The maximum atomic E-state index is 11.0. The summed E-state index contributed by atoms with van der Waals surface area (Å²) in [6.07, 6.45) is 0. The van der Waals surface area contributed by atoms with Gasteiger partial charge in [0.05, 0.1) is 0 Å². The number of nitrogens with zero attached hydrogens (tertiary/aromatic N) is 3. The zero-order chi connectivity index (χ0) is 15.2. The van der Waals surface area contributed by atoms with E-state index in [1.165, 1.54) is 12.5 Å². The summed E-state index contributed by atoms with van der Waals surface area (Å²) in [5.74, 6) is 1.11. The number of benzene rings is 1. The Morgan fingerprint density at radius 2 is 1.86 bits per heavy atom. The molecule has 1 heterocycles. The van der Waals surface area contributed by atoms with Crippen LogP contribution in [0.5, 0.6) is 0 Å². The minimum absolute atomic E-state index is 0.151. The van der Waals surface area contributed by atoms with Gasteiger partial charge in [-0.2, -0.15) is 0 Å². The quantitative estimate of drug-likeness (QED) is 0.917. The molecule has 0 aliphatic carbocycles. The number of carbonyl (C=O) groups excluding carboxylic acids is 1. The molecule has 0 atom stereocenters. The molecule has 1 aromatic carbocycles. The molecule has 5 nitrogen and oxygen atoms in total. The van der Waals surface area contributed by atoms with Crippen molar-refractivity contribution < 1.29 is 4.79 Å². The lowest BCUT2D eigenvalue weighted by Crippen LogP contribution is -2.31. The fourth-order valence-electron chi connectivity index (χ4n) is 2.03. The number of hydrogen-bond acceptors (Lipinski definition) is 4. The first-order valence-electron chi connectivity index (χ1n) is 6.98. The van der Waals surface area contributed by atoms with Gasteiger partial charge in [-0.3, -0.25) is 4.79 Å². The van der Waals surface area contributed by atoms with Gasteiger partial charge < -0.3 is 10.2 Å². The van der Waals surface area contributed by atoms with E-state index in [1.54, 1.807) is 6.07 Å². The van der Waals surface area contributed by atoms with Crippen molar-refractivity contribution in [2.24, 2.45) is 0 Å². The van der Waals surface area contributed by atoms with Crippen molar-refractivity contribution in [3.63, 3.8) is 0 Å². The second-order valence-electron chi connectivity index (χ2n) is 5.17. The Kier molecular flexibility index (Phi) is 4.87. The van der Waals surface area contributed by atoms with Gasteiger partial charge in [0, 0.05) is 19.5 Å². The highest BCUT2D eigenvalue weighted by Gasteiger charge is 2.13. The molecule has 0 radical (unpaired) electrons. The summed E-state index contributed by atoms with van der Waals surface area (Å²) >= 11 is 0. The Morgan fingerprint density at radius 3 is 2.38 bits per heavy atom. The second-order valence-corrected chi connectivity index (χ2v) is 5.17. The number of carbonyl (C=O) groups is 1. The molecule has 0 saturated carbocycles. The van der Waals surface area contributed by atoms with Crippen LogP contribution in [0.25, 0.3) is 0 Å². The maximum absolute atomic E-state index is 11.0. The Bertz CT molecular complexity index is 581. The molecule has 0 aliphatic rings. The lowest BCUT2D eigenvalue weighted by atomic mass is 10.2. The molecule has 0 unspecified atom stereocenters. The fraction of sp³-hybridized carbons (Fsp3) is 0.312. The van der Waals surface area contributed by atoms with Gasteiger partial charge in [-0.15, -0.1) is 10.2 Å². The minimum atomic E-state index is -0.151. The zero-order valence-corrected chi connectivity index (χ0v) is 12.6. The summed E-state index contributed by atoms with van der Waals surface area (Å²) in [6.45, 7) is 6.46. The molecule has 1 aromatic heterocycles. The number of anilines is 2. The van der Waals surface area contributed by atoms with Crippen molar-refractivity contribution in [1.29, 1.82) is 0 Å². The van der Waals surface area contributed by atoms with E-state index in [0.29, 0.717) is 11.9 Å². The van der Waals surface area contributed by atoms with Crippen LogP contribution in [-0.4, -0.2) is 22.1 Å². The van der Waals surface area contributed by atoms with Crippen LogP contribution in [0.3, 0.4) is 0 Å². The minimum Gasteiger partial charge on any atom is -0.348 e. The van der Waals surface area contributed by atoms with Gasteiger partial charge >= 0.3 is 0 Å². The predicted octanol–water partition coefficient (Wildman–Crippen LogP) is 2.85. The average Bonchev–Trinajstić information content (AvgIpc) is 2.46. The molecular formula is C16H20N4O. The van der Waals surface area contributed by atoms with Crippen molar-refractivity contribution >= 4 is 17.5 Å². The lowest BCUT2D eigenvalue weighted by Gasteiger charge is -2.27. The van der Waals surface area contributed by atoms with E-state index in [1.807, 2.05) is 24.3 Å². The Morgan fingerprint density at radius 1 is 1.14 bits per heavy atom. The predicted molar refractivity (Wildman–Crippen MR) is 84.1 cm³/mol. The molecule has 110 valence electrons. The van der Waals surface area contributed by atoms with E-state index in [4.69, 9.17) is 0 Å². The van der Waals surface area contributed by atoms with Crippen molar-refractivity contribution in [2.75, 3.05) is 10.2 Å². The highest BCUT2D eigenvalue weighted by Crippen LogP contribution is 2.18. The van der Waals surface area contributed by atoms with E-state index in [0.717, 1.165) is 12.4 Å². The number of rotatable bonds is 5. The molecular weight excluding hydrogens is 264 g/mol. The van der Waals surface area contributed by atoms with Crippen LogP contribution in [0, 0.1) is 0 Å². The van der Waals surface area contributed by atoms with Crippen LogP contribution in [0.15, 0.2) is 42.5 Å². The molecule has 0 fully saturated rings. The standard InChI is InChI=1S/C16H20N4O/c1-12(2)20(11-14-7-5-4-6-8-14)16-10-9-15(18-19-16)17-13(3)21/h4-10,12H,11H2,1-3H3,(H,17,18,21). The van der Waals surface area contributed by atoms with Crippen LogP contribution in [0.1, 0.15) is 26.3 Å². The molecule has 0 saturated heterocycles. The van der Waals surface area contributed by atoms with Gasteiger partial charge in [-0.05, 0) is 31.5 Å². The summed E-state index contributed by atoms with van der Waals surface area (Å²) in [5, 5.41) is 10.9. The van der Waals surface area contributed by atoms with Crippen LogP contribution in [-0.2, 0) is 11.3 Å². The van der Waals surface area contributed by atoms with E-state index < -0.39 is 0 Å². The third kappa shape index (κ3) is 4.27. The Hall–Kier alpha value is -2.43. The van der Waals surface area contributed by atoms with Crippen molar-refractivity contribution in [3.8, 4) is 0 Å². The molecule has 0 bridgehead atoms. The summed E-state index contributed by atoms with van der Waals surface area (Å²) in [5.41, 5.74) is 1.22. The first kappa shape index (κ1) is 15.0. The van der Waals surface area contributed by atoms with Crippen LogP contribution >= 0.6 is 0 Å². The number of aromatic nitrogens is 2. The number of nitrogens with one attached hydrogen (secondary N) is 1. The Balaban J connectivity index is 2.16. The molecule has 0 aliphatic heterocycles. The van der Waals surface area contributed by atoms with Gasteiger partial charge in [-0.1, -0.05) is 30.3 Å². The molecule has 2 rings (SSSR count). The van der Waals surface area contributed by atoms with E-state index in [2.05, 4.69) is 46.4 Å². The summed E-state index contributed by atoms with van der Waals surface area (Å²) in [6, 6.07) is 14.2. The van der Waals surface area contributed by atoms with Gasteiger partial charge in [0.2, 0.25) is 5.91 Å². The topological polar surface area (TPSA) is 58.1 Å². The largest absolute Gasteiger partial charge is 0.348 e. The van der Waals surface area contributed by atoms with Crippen LogP contribution < -0.4 is 10.2 Å². The first-order chi connectivity index (χ1) is 10.1. The highest BCUT2D eigenvalue weighted by atomic mass is 16.1. The second kappa shape index (κ2) is 6.83. The first-order valence-corrected chi connectivity index (χ1v) is 6.98.